The van der Waals surface area contributed by atoms with E-state index in [1.165, 1.54) is 5.56 Å². The molecule has 2 rings (SSSR count). The van der Waals surface area contributed by atoms with Crippen molar-refractivity contribution < 1.29 is 4.79 Å². The van der Waals surface area contributed by atoms with Crippen molar-refractivity contribution in [2.45, 2.75) is 25.8 Å². The molecule has 2 heteroatoms. The molecule has 0 saturated heterocycles. The van der Waals surface area contributed by atoms with Crippen molar-refractivity contribution in [2.75, 3.05) is 0 Å². The third kappa shape index (κ3) is 4.04. The first-order valence-corrected chi connectivity index (χ1v) is 6.53. The van der Waals surface area contributed by atoms with Crippen LogP contribution in [0, 0.1) is 6.92 Å². The lowest BCUT2D eigenvalue weighted by atomic mass is 9.98. The molecule has 2 nitrogen and oxygen atoms in total. The minimum Gasteiger partial charge on any atom is -0.321 e. The van der Waals surface area contributed by atoms with Crippen LogP contribution in [0.2, 0.25) is 0 Å². The molecule has 0 heterocycles. The highest BCUT2D eigenvalue weighted by Gasteiger charge is 2.14. The summed E-state index contributed by atoms with van der Waals surface area (Å²) in [5, 5.41) is 0. The highest BCUT2D eigenvalue weighted by molar-refractivity contribution is 5.86. The Balaban J connectivity index is 1.96. The van der Waals surface area contributed by atoms with E-state index < -0.39 is 6.04 Å². The van der Waals surface area contributed by atoms with Crippen molar-refractivity contribution in [3.63, 3.8) is 0 Å². The van der Waals surface area contributed by atoms with Gasteiger partial charge in [0.15, 0.2) is 5.78 Å². The number of hydrogen-bond acceptors (Lipinski definition) is 2. The monoisotopic (exact) mass is 253 g/mol. The average Bonchev–Trinajstić information content (AvgIpc) is 2.40. The smallest absolute Gasteiger partial charge is 0.154 e. The van der Waals surface area contributed by atoms with Gasteiger partial charge < -0.3 is 5.73 Å². The van der Waals surface area contributed by atoms with Crippen LogP contribution in [0.5, 0.6) is 0 Å². The topological polar surface area (TPSA) is 43.1 Å². The number of nitrogens with two attached hydrogens (primary N) is 1. The molecule has 0 amide bonds. The summed E-state index contributed by atoms with van der Waals surface area (Å²) < 4.78 is 0. The quantitative estimate of drug-likeness (QED) is 0.890. The summed E-state index contributed by atoms with van der Waals surface area (Å²) in [5.74, 6) is 0.0921. The minimum absolute atomic E-state index is 0.0921. The second-order valence-electron chi connectivity index (χ2n) is 4.93. The fourth-order valence-corrected chi connectivity index (χ4v) is 2.14. The van der Waals surface area contributed by atoms with Gasteiger partial charge in [-0.05, 0) is 24.5 Å². The Morgan fingerprint density at radius 2 is 1.74 bits per heavy atom. The van der Waals surface area contributed by atoms with E-state index in [9.17, 15) is 4.79 Å². The van der Waals surface area contributed by atoms with E-state index >= 15 is 0 Å². The van der Waals surface area contributed by atoms with Crippen molar-refractivity contribution >= 4 is 5.78 Å². The number of rotatable bonds is 5. The molecule has 2 N–H and O–H groups in total. The molecule has 0 aliphatic rings. The van der Waals surface area contributed by atoms with E-state index in [0.717, 1.165) is 11.1 Å². The van der Waals surface area contributed by atoms with Gasteiger partial charge in [0, 0.05) is 6.42 Å². The minimum atomic E-state index is -0.428. The lowest BCUT2D eigenvalue weighted by molar-refractivity contribution is -0.119. The molecule has 0 bridgehead atoms. The Kier molecular flexibility index (Phi) is 4.48. The number of benzene rings is 2. The van der Waals surface area contributed by atoms with E-state index in [2.05, 4.69) is 0 Å². The fourth-order valence-electron chi connectivity index (χ4n) is 2.14. The molecule has 98 valence electrons. The van der Waals surface area contributed by atoms with Crippen LogP contribution in [0.1, 0.15) is 16.7 Å². The summed E-state index contributed by atoms with van der Waals surface area (Å²) in [6, 6.07) is 17.5. The SMILES string of the molecule is Cc1cccc(CC(=O)C(N)Cc2ccccc2)c1. The molecule has 0 saturated carbocycles. The zero-order chi connectivity index (χ0) is 13.7. The summed E-state index contributed by atoms with van der Waals surface area (Å²) >= 11 is 0. The van der Waals surface area contributed by atoms with Gasteiger partial charge in [0.2, 0.25) is 0 Å². The summed E-state index contributed by atoms with van der Waals surface area (Å²) in [5.41, 5.74) is 9.29. The Morgan fingerprint density at radius 1 is 1.05 bits per heavy atom. The molecular weight excluding hydrogens is 234 g/mol. The predicted octanol–water partition coefficient (Wildman–Crippen LogP) is 2.68. The van der Waals surface area contributed by atoms with Crippen LogP contribution in [0.25, 0.3) is 0 Å². The maximum atomic E-state index is 12.1. The van der Waals surface area contributed by atoms with E-state index in [1.807, 2.05) is 61.5 Å². The van der Waals surface area contributed by atoms with E-state index in [4.69, 9.17) is 5.73 Å². The van der Waals surface area contributed by atoms with Crippen LogP contribution in [-0.4, -0.2) is 11.8 Å². The Labute approximate surface area is 114 Å². The van der Waals surface area contributed by atoms with Crippen molar-refractivity contribution in [1.29, 1.82) is 0 Å². The van der Waals surface area contributed by atoms with Gasteiger partial charge in [0.1, 0.15) is 0 Å². The standard InChI is InChI=1S/C17H19NO/c1-13-6-5-9-15(10-13)12-17(19)16(18)11-14-7-3-2-4-8-14/h2-10,16H,11-12,18H2,1H3. The first-order valence-electron chi connectivity index (χ1n) is 6.53. The largest absolute Gasteiger partial charge is 0.321 e. The van der Waals surface area contributed by atoms with Crippen LogP contribution >= 0.6 is 0 Å². The van der Waals surface area contributed by atoms with Crippen molar-refractivity contribution in [3.05, 3.63) is 71.3 Å². The Hall–Kier alpha value is -1.93. The van der Waals surface area contributed by atoms with E-state index in [0.29, 0.717) is 12.8 Å². The van der Waals surface area contributed by atoms with Crippen LogP contribution in [0.4, 0.5) is 0 Å². The number of hydrogen-bond donors (Lipinski definition) is 1. The molecule has 0 radical (unpaired) electrons. The van der Waals surface area contributed by atoms with Crippen LogP contribution in [0.3, 0.4) is 0 Å². The summed E-state index contributed by atoms with van der Waals surface area (Å²) in [6.45, 7) is 2.03. The van der Waals surface area contributed by atoms with Crippen molar-refractivity contribution in [3.8, 4) is 0 Å². The molecule has 1 atom stereocenters. The summed E-state index contributed by atoms with van der Waals surface area (Å²) in [7, 11) is 0. The Morgan fingerprint density at radius 3 is 2.42 bits per heavy atom. The van der Waals surface area contributed by atoms with Gasteiger partial charge in [-0.3, -0.25) is 4.79 Å². The lowest BCUT2D eigenvalue weighted by Crippen LogP contribution is -2.33. The van der Waals surface area contributed by atoms with Crippen molar-refractivity contribution in [1.82, 2.24) is 0 Å². The van der Waals surface area contributed by atoms with Gasteiger partial charge in [0.25, 0.3) is 0 Å². The third-order valence-corrected chi connectivity index (χ3v) is 3.17. The van der Waals surface area contributed by atoms with Crippen molar-refractivity contribution in [2.24, 2.45) is 5.73 Å². The van der Waals surface area contributed by atoms with Crippen LogP contribution < -0.4 is 5.73 Å². The molecule has 0 aliphatic carbocycles. The average molecular weight is 253 g/mol. The highest BCUT2D eigenvalue weighted by Crippen LogP contribution is 2.08. The molecule has 0 aliphatic heterocycles. The zero-order valence-corrected chi connectivity index (χ0v) is 11.2. The summed E-state index contributed by atoms with van der Waals surface area (Å²) in [6.07, 6.45) is 1.02. The van der Waals surface area contributed by atoms with Gasteiger partial charge in [-0.1, -0.05) is 60.2 Å². The van der Waals surface area contributed by atoms with Gasteiger partial charge >= 0.3 is 0 Å². The fraction of sp³-hybridized carbons (Fsp3) is 0.235. The lowest BCUT2D eigenvalue weighted by Gasteiger charge is -2.11. The zero-order valence-electron chi connectivity index (χ0n) is 11.2. The van der Waals surface area contributed by atoms with Gasteiger partial charge in [0.05, 0.1) is 6.04 Å². The van der Waals surface area contributed by atoms with Crippen LogP contribution in [0.15, 0.2) is 54.6 Å². The molecule has 2 aromatic rings. The first-order chi connectivity index (χ1) is 9.15. The molecule has 1 unspecified atom stereocenters. The maximum Gasteiger partial charge on any atom is 0.154 e. The number of carbonyl (C=O) groups is 1. The molecule has 0 aromatic heterocycles. The molecule has 0 spiro atoms. The molecule has 0 fully saturated rings. The predicted molar refractivity (Wildman–Crippen MR) is 78.0 cm³/mol. The number of Topliss-reactive ketones (excluding diaryl/α,β-unsaturated/α-hetero) is 1. The number of carbonyl (C=O) groups excluding carboxylic acids is 1. The molecule has 19 heavy (non-hydrogen) atoms. The Bertz CT molecular complexity index is 548. The molecular formula is C17H19NO. The second-order valence-corrected chi connectivity index (χ2v) is 4.93. The third-order valence-electron chi connectivity index (χ3n) is 3.17. The van der Waals surface area contributed by atoms with E-state index in [-0.39, 0.29) is 5.78 Å². The second kappa shape index (κ2) is 6.30. The first kappa shape index (κ1) is 13.5. The highest BCUT2D eigenvalue weighted by atomic mass is 16.1. The van der Waals surface area contributed by atoms with Gasteiger partial charge in [-0.2, -0.15) is 0 Å². The number of ketones is 1. The normalized spacial score (nSPS) is 12.1. The van der Waals surface area contributed by atoms with Gasteiger partial charge in [-0.15, -0.1) is 0 Å². The molecule has 2 aromatic carbocycles. The van der Waals surface area contributed by atoms with E-state index in [1.54, 1.807) is 0 Å². The van der Waals surface area contributed by atoms with Crippen LogP contribution in [-0.2, 0) is 17.6 Å². The number of aryl methyl sites for hydroxylation is 1. The van der Waals surface area contributed by atoms with Gasteiger partial charge in [-0.25, -0.2) is 0 Å². The summed E-state index contributed by atoms with van der Waals surface area (Å²) in [4.78, 5) is 12.1. The maximum absolute atomic E-state index is 12.1.